The van der Waals surface area contributed by atoms with E-state index in [1.165, 1.54) is 6.21 Å². The SMILES string of the molecule is Cc1ccccc1/C=N\Nc1ccc(C(F)(F)F)cc1[N+](=O)[O-]. The first-order valence-corrected chi connectivity index (χ1v) is 6.49. The van der Waals surface area contributed by atoms with Crippen LogP contribution in [0.2, 0.25) is 0 Å². The fourth-order valence-corrected chi connectivity index (χ4v) is 1.86. The van der Waals surface area contributed by atoms with Crippen LogP contribution in [0, 0.1) is 17.0 Å². The number of hydrazone groups is 1. The average Bonchev–Trinajstić information content (AvgIpc) is 2.48. The second-order valence-electron chi connectivity index (χ2n) is 4.71. The molecule has 0 heterocycles. The Morgan fingerprint density at radius 2 is 1.91 bits per heavy atom. The van der Waals surface area contributed by atoms with E-state index in [0.29, 0.717) is 6.07 Å². The molecule has 1 N–H and O–H groups in total. The van der Waals surface area contributed by atoms with Crippen LogP contribution in [0.15, 0.2) is 47.6 Å². The van der Waals surface area contributed by atoms with Gasteiger partial charge in [-0.2, -0.15) is 18.3 Å². The molecule has 0 spiro atoms. The van der Waals surface area contributed by atoms with E-state index >= 15 is 0 Å². The first-order chi connectivity index (χ1) is 10.8. The number of nitro groups is 1. The molecule has 0 bridgehead atoms. The molecular formula is C15H12F3N3O2. The molecule has 2 aromatic rings. The highest BCUT2D eigenvalue weighted by atomic mass is 19.4. The lowest BCUT2D eigenvalue weighted by molar-refractivity contribution is -0.384. The Labute approximate surface area is 129 Å². The van der Waals surface area contributed by atoms with Gasteiger partial charge < -0.3 is 0 Å². The Balaban J connectivity index is 2.26. The van der Waals surface area contributed by atoms with E-state index in [2.05, 4.69) is 10.5 Å². The minimum Gasteiger partial charge on any atom is -0.272 e. The van der Waals surface area contributed by atoms with Crippen molar-refractivity contribution in [3.05, 3.63) is 69.3 Å². The Morgan fingerprint density at radius 1 is 1.22 bits per heavy atom. The summed E-state index contributed by atoms with van der Waals surface area (Å²) in [5.74, 6) is 0. The molecule has 0 radical (unpaired) electrons. The van der Waals surface area contributed by atoms with Gasteiger partial charge in [-0.25, -0.2) is 0 Å². The number of alkyl halides is 3. The molecule has 0 saturated carbocycles. The molecule has 0 aromatic heterocycles. The summed E-state index contributed by atoms with van der Waals surface area (Å²) in [6, 6.07) is 9.53. The zero-order valence-electron chi connectivity index (χ0n) is 12.0. The number of hydrogen-bond acceptors (Lipinski definition) is 4. The standard InChI is InChI=1S/C15H12F3N3O2/c1-10-4-2-3-5-11(10)9-19-20-13-7-6-12(15(16,17)18)8-14(13)21(22)23/h2-9,20H,1H3/b19-9-. The van der Waals surface area contributed by atoms with Crippen molar-refractivity contribution in [3.63, 3.8) is 0 Å². The minimum atomic E-state index is -4.65. The van der Waals surface area contributed by atoms with Crippen molar-refractivity contribution >= 4 is 17.6 Å². The third kappa shape index (κ3) is 4.06. The van der Waals surface area contributed by atoms with Crippen LogP contribution in [0.4, 0.5) is 24.5 Å². The van der Waals surface area contributed by atoms with Crippen molar-refractivity contribution in [2.75, 3.05) is 5.43 Å². The van der Waals surface area contributed by atoms with Gasteiger partial charge in [0.25, 0.3) is 5.69 Å². The molecule has 0 fully saturated rings. The summed E-state index contributed by atoms with van der Waals surface area (Å²) in [6.07, 6.45) is -3.20. The van der Waals surface area contributed by atoms with Crippen molar-refractivity contribution in [3.8, 4) is 0 Å². The van der Waals surface area contributed by atoms with Crippen LogP contribution in [0.3, 0.4) is 0 Å². The van der Waals surface area contributed by atoms with Crippen molar-refractivity contribution in [2.45, 2.75) is 13.1 Å². The smallest absolute Gasteiger partial charge is 0.272 e. The zero-order chi connectivity index (χ0) is 17.0. The number of halogens is 3. The number of rotatable bonds is 4. The summed E-state index contributed by atoms with van der Waals surface area (Å²) in [7, 11) is 0. The molecular weight excluding hydrogens is 311 g/mol. The van der Waals surface area contributed by atoms with Crippen LogP contribution in [0.1, 0.15) is 16.7 Å². The van der Waals surface area contributed by atoms with E-state index in [0.717, 1.165) is 23.3 Å². The molecule has 0 amide bonds. The van der Waals surface area contributed by atoms with E-state index in [9.17, 15) is 23.3 Å². The molecule has 0 atom stereocenters. The van der Waals surface area contributed by atoms with E-state index in [4.69, 9.17) is 0 Å². The van der Waals surface area contributed by atoms with Gasteiger partial charge >= 0.3 is 6.18 Å². The molecule has 0 unspecified atom stereocenters. The molecule has 8 heteroatoms. The lowest BCUT2D eigenvalue weighted by atomic mass is 10.1. The number of aryl methyl sites for hydroxylation is 1. The summed E-state index contributed by atoms with van der Waals surface area (Å²) in [5.41, 5.74) is 2.24. The van der Waals surface area contributed by atoms with E-state index in [-0.39, 0.29) is 5.69 Å². The van der Waals surface area contributed by atoms with E-state index in [1.54, 1.807) is 12.1 Å². The fraction of sp³-hybridized carbons (Fsp3) is 0.133. The Bertz CT molecular complexity index is 758. The number of nitrogens with one attached hydrogen (secondary N) is 1. The van der Waals surface area contributed by atoms with Crippen LogP contribution in [0.25, 0.3) is 0 Å². The summed E-state index contributed by atoms with van der Waals surface area (Å²) < 4.78 is 37.8. The van der Waals surface area contributed by atoms with Gasteiger partial charge in [0.15, 0.2) is 0 Å². The largest absolute Gasteiger partial charge is 0.416 e. The predicted molar refractivity (Wildman–Crippen MR) is 80.5 cm³/mol. The van der Waals surface area contributed by atoms with Crippen LogP contribution in [-0.4, -0.2) is 11.1 Å². The Morgan fingerprint density at radius 3 is 2.52 bits per heavy atom. The zero-order valence-corrected chi connectivity index (χ0v) is 12.0. The summed E-state index contributed by atoms with van der Waals surface area (Å²) in [5, 5.41) is 14.8. The number of anilines is 1. The van der Waals surface area contributed by atoms with Crippen LogP contribution >= 0.6 is 0 Å². The highest BCUT2D eigenvalue weighted by Gasteiger charge is 2.33. The maximum atomic E-state index is 12.6. The Kier molecular flexibility index (Phi) is 4.63. The maximum absolute atomic E-state index is 12.6. The minimum absolute atomic E-state index is 0.118. The van der Waals surface area contributed by atoms with Gasteiger partial charge in [-0.3, -0.25) is 15.5 Å². The van der Waals surface area contributed by atoms with Gasteiger partial charge in [0.05, 0.1) is 16.7 Å². The molecule has 0 saturated heterocycles. The van der Waals surface area contributed by atoms with Crippen molar-refractivity contribution < 1.29 is 18.1 Å². The van der Waals surface area contributed by atoms with Crippen LogP contribution in [-0.2, 0) is 6.18 Å². The lowest BCUT2D eigenvalue weighted by Crippen LogP contribution is -2.06. The van der Waals surface area contributed by atoms with Crippen molar-refractivity contribution in [2.24, 2.45) is 5.10 Å². The molecule has 5 nitrogen and oxygen atoms in total. The molecule has 0 aliphatic rings. The van der Waals surface area contributed by atoms with Crippen molar-refractivity contribution in [1.29, 1.82) is 0 Å². The molecule has 0 aliphatic carbocycles. The summed E-state index contributed by atoms with van der Waals surface area (Å²) >= 11 is 0. The van der Waals surface area contributed by atoms with E-state index < -0.39 is 22.4 Å². The Hall–Kier alpha value is -2.90. The van der Waals surface area contributed by atoms with Gasteiger partial charge in [0.1, 0.15) is 5.69 Å². The molecule has 2 aromatic carbocycles. The number of hydrogen-bond donors (Lipinski definition) is 1. The number of nitrogens with zero attached hydrogens (tertiary/aromatic N) is 2. The highest BCUT2D eigenvalue weighted by Crippen LogP contribution is 2.34. The quantitative estimate of drug-likeness (QED) is 0.516. The average molecular weight is 323 g/mol. The number of nitro benzene ring substituents is 1. The second-order valence-corrected chi connectivity index (χ2v) is 4.71. The van der Waals surface area contributed by atoms with Crippen molar-refractivity contribution in [1.82, 2.24) is 0 Å². The van der Waals surface area contributed by atoms with Gasteiger partial charge in [-0.1, -0.05) is 24.3 Å². The third-order valence-electron chi connectivity index (χ3n) is 3.10. The van der Waals surface area contributed by atoms with Gasteiger partial charge in [-0.15, -0.1) is 0 Å². The summed E-state index contributed by atoms with van der Waals surface area (Å²) in [6.45, 7) is 1.86. The molecule has 23 heavy (non-hydrogen) atoms. The normalized spacial score (nSPS) is 11.7. The first-order valence-electron chi connectivity index (χ1n) is 6.49. The van der Waals surface area contributed by atoms with Crippen LogP contribution in [0.5, 0.6) is 0 Å². The fourth-order valence-electron chi connectivity index (χ4n) is 1.86. The van der Waals surface area contributed by atoms with E-state index in [1.807, 2.05) is 19.1 Å². The van der Waals surface area contributed by atoms with Gasteiger partial charge in [0.2, 0.25) is 0 Å². The second kappa shape index (κ2) is 6.47. The summed E-state index contributed by atoms with van der Waals surface area (Å²) in [4.78, 5) is 10.0. The highest BCUT2D eigenvalue weighted by molar-refractivity contribution is 5.82. The number of benzene rings is 2. The third-order valence-corrected chi connectivity index (χ3v) is 3.10. The molecule has 2 rings (SSSR count). The van der Waals surface area contributed by atoms with Gasteiger partial charge in [0, 0.05) is 6.07 Å². The predicted octanol–water partition coefficient (Wildman–Crippen LogP) is 4.37. The van der Waals surface area contributed by atoms with Gasteiger partial charge in [-0.05, 0) is 30.2 Å². The molecule has 120 valence electrons. The monoisotopic (exact) mass is 323 g/mol. The first kappa shape index (κ1) is 16.5. The topological polar surface area (TPSA) is 67.5 Å². The maximum Gasteiger partial charge on any atom is 0.416 e. The molecule has 0 aliphatic heterocycles. The lowest BCUT2D eigenvalue weighted by Gasteiger charge is -2.08. The van der Waals surface area contributed by atoms with Crippen LogP contribution < -0.4 is 5.43 Å².